The average molecular weight is 255 g/mol. The van der Waals surface area contributed by atoms with Gasteiger partial charge in [0.25, 0.3) is 0 Å². The monoisotopic (exact) mass is 255 g/mol. The number of nitrogens with zero attached hydrogens (tertiary/aromatic N) is 1. The third-order valence-corrected chi connectivity index (χ3v) is 2.96. The maximum Gasteiger partial charge on any atom is 0.393 e. The highest BCUT2D eigenvalue weighted by atomic mass is 19.4. The molecule has 0 aromatic rings. The van der Waals surface area contributed by atoms with Gasteiger partial charge in [-0.15, -0.1) is 0 Å². The van der Waals surface area contributed by atoms with Crippen molar-refractivity contribution in [3.05, 3.63) is 0 Å². The standard InChI is InChI=1S/C10H16F3NO3/c1-17-6-7-4-14(3-2-9(15)16)5-8(7)10(11,12)13/h7-8H,2-6H2,1H3,(H,15,16)/t7-,8-/m0/s1. The third kappa shape index (κ3) is 4.16. The van der Waals surface area contributed by atoms with E-state index in [4.69, 9.17) is 9.84 Å². The first kappa shape index (κ1) is 14.2. The second-order valence-corrected chi connectivity index (χ2v) is 4.27. The van der Waals surface area contributed by atoms with Crippen LogP contribution in [0.25, 0.3) is 0 Å². The molecular formula is C10H16F3NO3. The largest absolute Gasteiger partial charge is 0.481 e. The van der Waals surface area contributed by atoms with Crippen molar-refractivity contribution in [2.24, 2.45) is 11.8 Å². The summed E-state index contributed by atoms with van der Waals surface area (Å²) >= 11 is 0. The van der Waals surface area contributed by atoms with Crippen LogP contribution in [0.5, 0.6) is 0 Å². The summed E-state index contributed by atoms with van der Waals surface area (Å²) in [5, 5.41) is 8.50. The highest BCUT2D eigenvalue weighted by Crippen LogP contribution is 2.37. The maximum absolute atomic E-state index is 12.7. The van der Waals surface area contributed by atoms with Crippen molar-refractivity contribution in [3.8, 4) is 0 Å². The Hall–Kier alpha value is -0.820. The molecule has 2 atom stereocenters. The first-order valence-corrected chi connectivity index (χ1v) is 5.34. The highest BCUT2D eigenvalue weighted by molar-refractivity contribution is 5.66. The molecule has 100 valence electrons. The van der Waals surface area contributed by atoms with E-state index < -0.39 is 24.0 Å². The first-order chi connectivity index (χ1) is 7.84. The molecule has 1 aliphatic rings. The number of likely N-dealkylation sites (tertiary alicyclic amines) is 1. The predicted octanol–water partition coefficient (Wildman–Crippen LogP) is 1.22. The summed E-state index contributed by atoms with van der Waals surface area (Å²) in [6.45, 7) is 0.311. The van der Waals surface area contributed by atoms with E-state index in [2.05, 4.69) is 0 Å². The van der Waals surface area contributed by atoms with Crippen molar-refractivity contribution >= 4 is 5.97 Å². The van der Waals surface area contributed by atoms with Gasteiger partial charge in [-0.2, -0.15) is 13.2 Å². The van der Waals surface area contributed by atoms with E-state index in [0.717, 1.165) is 0 Å². The average Bonchev–Trinajstić information content (AvgIpc) is 2.58. The summed E-state index contributed by atoms with van der Waals surface area (Å²) in [5.41, 5.74) is 0. The number of alkyl halides is 3. The number of aliphatic carboxylic acids is 1. The summed E-state index contributed by atoms with van der Waals surface area (Å²) in [6.07, 6.45) is -4.38. The molecule has 0 spiro atoms. The Morgan fingerprint density at radius 3 is 2.59 bits per heavy atom. The van der Waals surface area contributed by atoms with Crippen LogP contribution in [-0.4, -0.2) is 55.5 Å². The fraction of sp³-hybridized carbons (Fsp3) is 0.900. The van der Waals surface area contributed by atoms with Crippen molar-refractivity contribution in [1.29, 1.82) is 0 Å². The Kier molecular flexibility index (Phi) is 4.76. The van der Waals surface area contributed by atoms with Crippen LogP contribution in [-0.2, 0) is 9.53 Å². The van der Waals surface area contributed by atoms with Gasteiger partial charge in [-0.1, -0.05) is 0 Å². The fourth-order valence-electron chi connectivity index (χ4n) is 2.15. The van der Waals surface area contributed by atoms with E-state index in [0.29, 0.717) is 0 Å². The number of rotatable bonds is 5. The van der Waals surface area contributed by atoms with Crippen LogP contribution in [0.2, 0.25) is 0 Å². The van der Waals surface area contributed by atoms with Crippen molar-refractivity contribution in [1.82, 2.24) is 4.90 Å². The molecule has 0 aromatic carbocycles. The second-order valence-electron chi connectivity index (χ2n) is 4.27. The Bertz CT molecular complexity index is 270. The van der Waals surface area contributed by atoms with Crippen molar-refractivity contribution in [2.45, 2.75) is 12.6 Å². The molecule has 1 aliphatic heterocycles. The lowest BCUT2D eigenvalue weighted by Crippen LogP contribution is -2.32. The number of ether oxygens (including phenoxy) is 1. The van der Waals surface area contributed by atoms with E-state index in [-0.39, 0.29) is 32.7 Å². The minimum absolute atomic E-state index is 0.0494. The van der Waals surface area contributed by atoms with E-state index in [9.17, 15) is 18.0 Å². The molecule has 0 bridgehead atoms. The van der Waals surface area contributed by atoms with Gasteiger partial charge >= 0.3 is 12.1 Å². The molecule has 1 rings (SSSR count). The smallest absolute Gasteiger partial charge is 0.393 e. The number of methoxy groups -OCH3 is 1. The molecule has 1 saturated heterocycles. The second kappa shape index (κ2) is 5.68. The van der Waals surface area contributed by atoms with Crippen LogP contribution in [0, 0.1) is 11.8 Å². The van der Waals surface area contributed by atoms with Gasteiger partial charge in [-0.3, -0.25) is 4.79 Å². The van der Waals surface area contributed by atoms with Crippen LogP contribution >= 0.6 is 0 Å². The topological polar surface area (TPSA) is 49.8 Å². The zero-order valence-corrected chi connectivity index (χ0v) is 9.54. The molecule has 0 saturated carbocycles. The lowest BCUT2D eigenvalue weighted by Gasteiger charge is -2.20. The van der Waals surface area contributed by atoms with Crippen molar-refractivity contribution in [3.63, 3.8) is 0 Å². The SMILES string of the molecule is COC[C@@H]1CN(CCC(=O)O)C[C@@H]1C(F)(F)F. The molecule has 4 nitrogen and oxygen atoms in total. The summed E-state index contributed by atoms with van der Waals surface area (Å²) in [4.78, 5) is 11.9. The zero-order chi connectivity index (χ0) is 13.1. The molecule has 7 heteroatoms. The summed E-state index contributed by atoms with van der Waals surface area (Å²) < 4.78 is 42.9. The number of hydrogen-bond donors (Lipinski definition) is 1. The van der Waals surface area contributed by atoms with E-state index >= 15 is 0 Å². The van der Waals surface area contributed by atoms with Crippen molar-refractivity contribution in [2.75, 3.05) is 33.4 Å². The zero-order valence-electron chi connectivity index (χ0n) is 9.54. The molecule has 17 heavy (non-hydrogen) atoms. The molecule has 0 amide bonds. The van der Waals surface area contributed by atoms with Crippen LogP contribution in [0.15, 0.2) is 0 Å². The quantitative estimate of drug-likeness (QED) is 0.802. The Morgan fingerprint density at radius 2 is 2.12 bits per heavy atom. The first-order valence-electron chi connectivity index (χ1n) is 5.34. The van der Waals surface area contributed by atoms with Gasteiger partial charge in [-0.25, -0.2) is 0 Å². The van der Waals surface area contributed by atoms with E-state index in [1.54, 1.807) is 0 Å². The lowest BCUT2D eigenvalue weighted by molar-refractivity contribution is -0.183. The summed E-state index contributed by atoms with van der Waals surface area (Å²) in [7, 11) is 1.37. The number of carboxylic acid groups (broad SMARTS) is 1. The molecule has 0 aliphatic carbocycles. The molecule has 1 N–H and O–H groups in total. The number of halogens is 3. The minimum atomic E-state index is -4.25. The molecular weight excluding hydrogens is 239 g/mol. The molecule has 1 fully saturated rings. The van der Waals surface area contributed by atoms with Gasteiger partial charge in [0, 0.05) is 32.7 Å². The summed E-state index contributed by atoms with van der Waals surface area (Å²) in [6, 6.07) is 0. The van der Waals surface area contributed by atoms with Gasteiger partial charge < -0.3 is 14.7 Å². The molecule has 1 heterocycles. The van der Waals surface area contributed by atoms with Gasteiger partial charge in [-0.05, 0) is 0 Å². The fourth-order valence-corrected chi connectivity index (χ4v) is 2.15. The highest BCUT2D eigenvalue weighted by Gasteiger charge is 2.49. The van der Waals surface area contributed by atoms with Gasteiger partial charge in [0.15, 0.2) is 0 Å². The Balaban J connectivity index is 2.56. The number of carboxylic acids is 1. The number of carbonyl (C=O) groups is 1. The normalized spacial score (nSPS) is 26.4. The van der Waals surface area contributed by atoms with Gasteiger partial charge in [0.2, 0.25) is 0 Å². The molecule has 0 aromatic heterocycles. The Morgan fingerprint density at radius 1 is 1.47 bits per heavy atom. The van der Waals surface area contributed by atoms with Crippen LogP contribution < -0.4 is 0 Å². The van der Waals surface area contributed by atoms with Gasteiger partial charge in [0.05, 0.1) is 18.9 Å². The number of hydrogen-bond acceptors (Lipinski definition) is 3. The minimum Gasteiger partial charge on any atom is -0.481 e. The predicted molar refractivity (Wildman–Crippen MR) is 53.6 cm³/mol. The molecule has 0 radical (unpaired) electrons. The summed E-state index contributed by atoms with van der Waals surface area (Å²) in [5.74, 6) is -3.02. The van der Waals surface area contributed by atoms with E-state index in [1.165, 1.54) is 12.0 Å². The van der Waals surface area contributed by atoms with Gasteiger partial charge in [0.1, 0.15) is 0 Å². The Labute approximate surface area is 97.3 Å². The van der Waals surface area contributed by atoms with Crippen molar-refractivity contribution < 1.29 is 27.8 Å². The molecule has 0 unspecified atom stereocenters. The van der Waals surface area contributed by atoms with Crippen LogP contribution in [0.1, 0.15) is 6.42 Å². The third-order valence-electron chi connectivity index (χ3n) is 2.96. The maximum atomic E-state index is 12.7. The lowest BCUT2D eigenvalue weighted by atomic mass is 9.96. The van der Waals surface area contributed by atoms with Crippen LogP contribution in [0.3, 0.4) is 0 Å². The van der Waals surface area contributed by atoms with E-state index in [1.807, 2.05) is 0 Å². The van der Waals surface area contributed by atoms with Crippen LogP contribution in [0.4, 0.5) is 13.2 Å².